The molecule has 1 aliphatic heterocycles. The third-order valence-corrected chi connectivity index (χ3v) is 6.13. The van der Waals surface area contributed by atoms with Gasteiger partial charge in [0.05, 0.1) is 5.69 Å². The van der Waals surface area contributed by atoms with Crippen molar-refractivity contribution in [3.63, 3.8) is 0 Å². The van der Waals surface area contributed by atoms with Gasteiger partial charge in [0, 0.05) is 47.2 Å². The molecule has 2 N–H and O–H groups in total. The van der Waals surface area contributed by atoms with Gasteiger partial charge in [0.25, 0.3) is 11.8 Å². The molecule has 2 amide bonds. The average molecular weight is 451 g/mol. The van der Waals surface area contributed by atoms with Crippen LogP contribution in [-0.2, 0) is 13.0 Å². The van der Waals surface area contributed by atoms with Crippen LogP contribution in [0.1, 0.15) is 44.9 Å². The normalized spacial score (nSPS) is 12.6. The Hall–Kier alpha value is -4.19. The van der Waals surface area contributed by atoms with E-state index >= 15 is 0 Å². The first-order valence-electron chi connectivity index (χ1n) is 11.5. The van der Waals surface area contributed by atoms with E-state index in [-0.39, 0.29) is 11.8 Å². The summed E-state index contributed by atoms with van der Waals surface area (Å²) in [7, 11) is 0. The molecule has 0 saturated carbocycles. The number of rotatable bonds is 5. The highest BCUT2D eigenvalue weighted by atomic mass is 16.2. The van der Waals surface area contributed by atoms with E-state index in [0.29, 0.717) is 22.5 Å². The summed E-state index contributed by atoms with van der Waals surface area (Å²) in [6.45, 7) is 2.93. The largest absolute Gasteiger partial charge is 0.334 e. The second-order valence-electron chi connectivity index (χ2n) is 8.57. The molecule has 1 aliphatic rings. The first kappa shape index (κ1) is 21.6. The molecule has 0 fully saturated rings. The number of imidazole rings is 1. The molecule has 0 atom stereocenters. The molecule has 6 nitrogen and oxygen atoms in total. The highest BCUT2D eigenvalue weighted by Gasteiger charge is 2.14. The number of amides is 2. The van der Waals surface area contributed by atoms with E-state index in [0.717, 1.165) is 35.6 Å². The van der Waals surface area contributed by atoms with Gasteiger partial charge < -0.3 is 15.2 Å². The van der Waals surface area contributed by atoms with E-state index in [9.17, 15) is 9.59 Å². The lowest BCUT2D eigenvalue weighted by Gasteiger charge is -2.11. The van der Waals surface area contributed by atoms with Gasteiger partial charge in [-0.15, -0.1) is 0 Å². The number of nitrogens with one attached hydrogen (secondary N) is 2. The maximum atomic E-state index is 12.9. The molecule has 34 heavy (non-hydrogen) atoms. The molecule has 170 valence electrons. The number of aromatic nitrogens is 2. The van der Waals surface area contributed by atoms with Crippen molar-refractivity contribution in [1.29, 1.82) is 0 Å². The average Bonchev–Trinajstić information content (AvgIpc) is 3.30. The predicted octanol–water partition coefficient (Wildman–Crippen LogP) is 5.70. The molecule has 2 heterocycles. The summed E-state index contributed by atoms with van der Waals surface area (Å²) in [5.41, 5.74) is 5.23. The van der Waals surface area contributed by atoms with Crippen molar-refractivity contribution in [2.24, 2.45) is 0 Å². The minimum absolute atomic E-state index is 0.210. The van der Waals surface area contributed by atoms with Crippen molar-refractivity contribution < 1.29 is 9.59 Å². The highest BCUT2D eigenvalue weighted by Crippen LogP contribution is 2.25. The zero-order chi connectivity index (χ0) is 23.5. The lowest BCUT2D eigenvalue weighted by molar-refractivity contribution is 0.101. The van der Waals surface area contributed by atoms with Gasteiger partial charge in [-0.25, -0.2) is 4.98 Å². The second kappa shape index (κ2) is 9.35. The van der Waals surface area contributed by atoms with Crippen molar-refractivity contribution in [2.45, 2.75) is 32.7 Å². The van der Waals surface area contributed by atoms with Crippen LogP contribution in [0.4, 0.5) is 11.4 Å². The zero-order valence-corrected chi connectivity index (χ0v) is 19.0. The van der Waals surface area contributed by atoms with Crippen LogP contribution in [0.5, 0.6) is 0 Å². The number of carbonyl (C=O) groups is 2. The lowest BCUT2D eigenvalue weighted by atomic mass is 10.1. The number of hydrogen-bond donors (Lipinski definition) is 2. The number of aryl methyl sites for hydroxylation is 3. The molecule has 0 aliphatic carbocycles. The standard InChI is InChI=1S/C28H26N4O2/c1-19-10-11-22(17-24(19)31-27(33)21-7-3-2-4-8-21)28(34)29-23-14-12-20(13-15-23)25-18-32-16-6-5-9-26(32)30-25/h2-4,7-8,10-15,17-18H,5-6,9,16H2,1H3,(H,29,34)(H,31,33). The van der Waals surface area contributed by atoms with Crippen LogP contribution in [0.3, 0.4) is 0 Å². The summed E-state index contributed by atoms with van der Waals surface area (Å²) >= 11 is 0. The molecule has 5 rings (SSSR count). The number of fused-ring (bicyclic) bond motifs is 1. The Morgan fingerprint density at radius 3 is 2.38 bits per heavy atom. The summed E-state index contributed by atoms with van der Waals surface area (Å²) < 4.78 is 2.24. The number of anilines is 2. The van der Waals surface area contributed by atoms with Gasteiger partial charge in [0.1, 0.15) is 5.82 Å². The Morgan fingerprint density at radius 2 is 1.62 bits per heavy atom. The van der Waals surface area contributed by atoms with Crippen LogP contribution in [0.25, 0.3) is 11.3 Å². The molecule has 6 heteroatoms. The monoisotopic (exact) mass is 450 g/mol. The van der Waals surface area contributed by atoms with Crippen LogP contribution in [0.2, 0.25) is 0 Å². The van der Waals surface area contributed by atoms with Gasteiger partial charge in [0.2, 0.25) is 0 Å². The Labute approximate surface area is 198 Å². The van der Waals surface area contributed by atoms with Crippen LogP contribution in [0.15, 0.2) is 79.0 Å². The van der Waals surface area contributed by atoms with E-state index in [1.54, 1.807) is 24.3 Å². The van der Waals surface area contributed by atoms with E-state index in [1.807, 2.05) is 55.5 Å². The van der Waals surface area contributed by atoms with Crippen LogP contribution in [0, 0.1) is 6.92 Å². The summed E-state index contributed by atoms with van der Waals surface area (Å²) in [5, 5.41) is 5.84. The fourth-order valence-corrected chi connectivity index (χ4v) is 4.16. The van der Waals surface area contributed by atoms with Crippen molar-refractivity contribution in [1.82, 2.24) is 9.55 Å². The molecular formula is C28H26N4O2. The summed E-state index contributed by atoms with van der Waals surface area (Å²) in [6.07, 6.45) is 5.53. The predicted molar refractivity (Wildman–Crippen MR) is 134 cm³/mol. The van der Waals surface area contributed by atoms with Gasteiger partial charge >= 0.3 is 0 Å². The zero-order valence-electron chi connectivity index (χ0n) is 19.0. The summed E-state index contributed by atoms with van der Waals surface area (Å²) in [4.78, 5) is 30.2. The third-order valence-electron chi connectivity index (χ3n) is 6.13. The first-order valence-corrected chi connectivity index (χ1v) is 11.5. The number of carbonyl (C=O) groups excluding carboxylic acids is 2. The van der Waals surface area contributed by atoms with Crippen molar-refractivity contribution >= 4 is 23.2 Å². The SMILES string of the molecule is Cc1ccc(C(=O)Nc2ccc(-c3cn4c(n3)CCCC4)cc2)cc1NC(=O)c1ccccc1. The molecular weight excluding hydrogens is 424 g/mol. The lowest BCUT2D eigenvalue weighted by Crippen LogP contribution is -2.15. The van der Waals surface area contributed by atoms with E-state index in [2.05, 4.69) is 21.4 Å². The third kappa shape index (κ3) is 4.62. The first-order chi connectivity index (χ1) is 16.6. The van der Waals surface area contributed by atoms with Gasteiger partial charge in [-0.2, -0.15) is 0 Å². The van der Waals surface area contributed by atoms with Crippen molar-refractivity contribution in [3.05, 3.63) is 102 Å². The molecule has 0 spiro atoms. The quantitative estimate of drug-likeness (QED) is 0.410. The maximum absolute atomic E-state index is 12.9. The van der Waals surface area contributed by atoms with Crippen molar-refractivity contribution in [3.8, 4) is 11.3 Å². The highest BCUT2D eigenvalue weighted by molar-refractivity contribution is 6.07. The second-order valence-corrected chi connectivity index (χ2v) is 8.57. The smallest absolute Gasteiger partial charge is 0.255 e. The van der Waals surface area contributed by atoms with E-state index < -0.39 is 0 Å². The molecule has 0 bridgehead atoms. The fraction of sp³-hybridized carbons (Fsp3) is 0.179. The number of hydrogen-bond acceptors (Lipinski definition) is 3. The molecule has 0 unspecified atom stereocenters. The van der Waals surface area contributed by atoms with Crippen LogP contribution < -0.4 is 10.6 Å². The maximum Gasteiger partial charge on any atom is 0.255 e. The van der Waals surface area contributed by atoms with Gasteiger partial charge in [-0.05, 0) is 61.7 Å². The van der Waals surface area contributed by atoms with Gasteiger partial charge in [-0.1, -0.05) is 36.4 Å². The summed E-state index contributed by atoms with van der Waals surface area (Å²) in [5.74, 6) is 0.700. The minimum Gasteiger partial charge on any atom is -0.334 e. The topological polar surface area (TPSA) is 76.0 Å². The van der Waals surface area contributed by atoms with E-state index in [4.69, 9.17) is 4.98 Å². The van der Waals surface area contributed by atoms with Gasteiger partial charge in [0.15, 0.2) is 0 Å². The Morgan fingerprint density at radius 1 is 0.853 bits per heavy atom. The molecule has 1 aromatic heterocycles. The van der Waals surface area contributed by atoms with Gasteiger partial charge in [-0.3, -0.25) is 9.59 Å². The number of nitrogens with zero attached hydrogens (tertiary/aromatic N) is 2. The molecule has 4 aromatic rings. The van der Waals surface area contributed by atoms with Crippen LogP contribution >= 0.6 is 0 Å². The Bertz CT molecular complexity index is 1320. The minimum atomic E-state index is -0.236. The number of benzene rings is 3. The summed E-state index contributed by atoms with van der Waals surface area (Å²) in [6, 6.07) is 22.0. The Kier molecular flexibility index (Phi) is 5.95. The fourth-order valence-electron chi connectivity index (χ4n) is 4.16. The Balaban J connectivity index is 1.28. The van der Waals surface area contributed by atoms with Crippen LogP contribution in [-0.4, -0.2) is 21.4 Å². The van der Waals surface area contributed by atoms with Crippen molar-refractivity contribution in [2.75, 3.05) is 10.6 Å². The van der Waals surface area contributed by atoms with E-state index in [1.165, 1.54) is 12.8 Å². The molecule has 0 saturated heterocycles. The molecule has 0 radical (unpaired) electrons. The molecule has 3 aromatic carbocycles.